The lowest BCUT2D eigenvalue weighted by Gasteiger charge is -2.29. The number of carbonyl (C=O) groups excluding carboxylic acids is 1. The minimum absolute atomic E-state index is 0.0923. The predicted octanol–water partition coefficient (Wildman–Crippen LogP) is 1.80. The van der Waals surface area contributed by atoms with E-state index in [4.69, 9.17) is 9.15 Å². The summed E-state index contributed by atoms with van der Waals surface area (Å²) in [6, 6.07) is 5.38. The molecular weight excluding hydrogens is 270 g/mol. The van der Waals surface area contributed by atoms with E-state index < -0.39 is 0 Å². The Morgan fingerprint density at radius 3 is 2.90 bits per heavy atom. The molecular formula is C15H19N3O3. The first kappa shape index (κ1) is 13.9. The van der Waals surface area contributed by atoms with Gasteiger partial charge in [-0.3, -0.25) is 4.79 Å². The van der Waals surface area contributed by atoms with Crippen molar-refractivity contribution in [1.82, 2.24) is 9.88 Å². The van der Waals surface area contributed by atoms with Crippen LogP contribution in [0.3, 0.4) is 0 Å². The lowest BCUT2D eigenvalue weighted by Crippen LogP contribution is -2.46. The maximum absolute atomic E-state index is 12.3. The van der Waals surface area contributed by atoms with E-state index in [1.165, 1.54) is 0 Å². The molecule has 2 heterocycles. The molecule has 112 valence electrons. The van der Waals surface area contributed by atoms with Crippen molar-refractivity contribution in [2.24, 2.45) is 0 Å². The largest absolute Gasteiger partial charge is 0.441 e. The monoisotopic (exact) mass is 289 g/mol. The molecule has 0 bridgehead atoms. The Balaban J connectivity index is 1.69. The fraction of sp³-hybridized carbons (Fsp3) is 0.467. The summed E-state index contributed by atoms with van der Waals surface area (Å²) in [5.41, 5.74) is 2.42. The summed E-state index contributed by atoms with van der Waals surface area (Å²) >= 11 is 0. The van der Waals surface area contributed by atoms with Gasteiger partial charge < -0.3 is 19.4 Å². The van der Waals surface area contributed by atoms with Crippen LogP contribution in [0.25, 0.3) is 11.1 Å². The Bertz CT molecular complexity index is 647. The molecule has 0 aliphatic carbocycles. The SMILES string of the molecule is Cc1nc2cc(NC(C)C(=O)N3CCOCC3)ccc2o1. The number of oxazole rings is 1. The van der Waals surface area contributed by atoms with Gasteiger partial charge in [0.2, 0.25) is 5.91 Å². The van der Waals surface area contributed by atoms with E-state index in [-0.39, 0.29) is 11.9 Å². The van der Waals surface area contributed by atoms with E-state index in [1.54, 1.807) is 0 Å². The Morgan fingerprint density at radius 1 is 1.38 bits per heavy atom. The zero-order valence-corrected chi connectivity index (χ0v) is 12.3. The van der Waals surface area contributed by atoms with Crippen molar-refractivity contribution in [1.29, 1.82) is 0 Å². The van der Waals surface area contributed by atoms with Crippen molar-refractivity contribution in [3.8, 4) is 0 Å². The molecule has 1 N–H and O–H groups in total. The molecule has 2 aromatic rings. The van der Waals surface area contributed by atoms with Crippen molar-refractivity contribution in [3.05, 3.63) is 24.1 Å². The minimum Gasteiger partial charge on any atom is -0.441 e. The van der Waals surface area contributed by atoms with Gasteiger partial charge in [-0.1, -0.05) is 0 Å². The van der Waals surface area contributed by atoms with E-state index in [2.05, 4.69) is 10.3 Å². The van der Waals surface area contributed by atoms with Crippen molar-refractivity contribution in [2.75, 3.05) is 31.6 Å². The molecule has 3 rings (SSSR count). The van der Waals surface area contributed by atoms with Crippen LogP contribution in [-0.4, -0.2) is 48.1 Å². The van der Waals surface area contributed by atoms with Gasteiger partial charge in [0.1, 0.15) is 11.6 Å². The summed E-state index contributed by atoms with van der Waals surface area (Å²) in [6.07, 6.45) is 0. The van der Waals surface area contributed by atoms with Crippen LogP contribution >= 0.6 is 0 Å². The molecule has 6 nitrogen and oxygen atoms in total. The van der Waals surface area contributed by atoms with Gasteiger partial charge in [0.15, 0.2) is 11.5 Å². The first-order valence-electron chi connectivity index (χ1n) is 7.14. The third-order valence-corrected chi connectivity index (χ3v) is 3.57. The van der Waals surface area contributed by atoms with Crippen molar-refractivity contribution >= 4 is 22.7 Å². The summed E-state index contributed by atoms with van der Waals surface area (Å²) in [6.45, 7) is 6.23. The Hall–Kier alpha value is -2.08. The number of hydrogen-bond donors (Lipinski definition) is 1. The second-order valence-corrected chi connectivity index (χ2v) is 5.22. The Kier molecular flexibility index (Phi) is 3.79. The van der Waals surface area contributed by atoms with Gasteiger partial charge in [-0.2, -0.15) is 0 Å². The van der Waals surface area contributed by atoms with Gasteiger partial charge >= 0.3 is 0 Å². The fourth-order valence-corrected chi connectivity index (χ4v) is 2.50. The number of fused-ring (bicyclic) bond motifs is 1. The van der Waals surface area contributed by atoms with Crippen LogP contribution in [0, 0.1) is 6.92 Å². The van der Waals surface area contributed by atoms with Gasteiger partial charge in [0.05, 0.1) is 13.2 Å². The van der Waals surface area contributed by atoms with E-state index in [1.807, 2.05) is 36.9 Å². The number of nitrogens with zero attached hydrogens (tertiary/aromatic N) is 2. The smallest absolute Gasteiger partial charge is 0.244 e. The third-order valence-electron chi connectivity index (χ3n) is 3.57. The van der Waals surface area contributed by atoms with Gasteiger partial charge in [0.25, 0.3) is 0 Å². The van der Waals surface area contributed by atoms with Crippen LogP contribution in [-0.2, 0) is 9.53 Å². The van der Waals surface area contributed by atoms with E-state index in [9.17, 15) is 4.79 Å². The number of hydrogen-bond acceptors (Lipinski definition) is 5. The van der Waals surface area contributed by atoms with Crippen LogP contribution in [0.5, 0.6) is 0 Å². The molecule has 0 radical (unpaired) electrons. The first-order valence-corrected chi connectivity index (χ1v) is 7.14. The molecule has 1 aromatic carbocycles. The molecule has 1 saturated heterocycles. The van der Waals surface area contributed by atoms with E-state index in [0.29, 0.717) is 32.2 Å². The van der Waals surface area contributed by atoms with Gasteiger partial charge in [-0.25, -0.2) is 4.98 Å². The predicted molar refractivity (Wildman–Crippen MR) is 79.2 cm³/mol. The number of rotatable bonds is 3. The Labute approximate surface area is 123 Å². The third kappa shape index (κ3) is 3.00. The molecule has 1 fully saturated rings. The van der Waals surface area contributed by atoms with Gasteiger partial charge in [-0.15, -0.1) is 0 Å². The highest BCUT2D eigenvalue weighted by Gasteiger charge is 2.22. The van der Waals surface area contributed by atoms with E-state index >= 15 is 0 Å². The zero-order chi connectivity index (χ0) is 14.8. The number of carbonyl (C=O) groups is 1. The summed E-state index contributed by atoms with van der Waals surface area (Å²) < 4.78 is 10.7. The average Bonchev–Trinajstić information content (AvgIpc) is 2.86. The van der Waals surface area contributed by atoms with Crippen molar-refractivity contribution in [3.63, 3.8) is 0 Å². The fourth-order valence-electron chi connectivity index (χ4n) is 2.50. The minimum atomic E-state index is -0.284. The summed E-state index contributed by atoms with van der Waals surface area (Å²) in [7, 11) is 0. The highest BCUT2D eigenvalue weighted by Crippen LogP contribution is 2.20. The molecule has 6 heteroatoms. The van der Waals surface area contributed by atoms with Crippen LogP contribution < -0.4 is 5.32 Å². The number of aryl methyl sites for hydroxylation is 1. The standard InChI is InChI=1S/C15H19N3O3/c1-10(15(19)18-5-7-20-8-6-18)16-12-3-4-14-13(9-12)17-11(2)21-14/h3-4,9-10,16H,5-8H2,1-2H3. The van der Waals surface area contributed by atoms with Crippen molar-refractivity contribution in [2.45, 2.75) is 19.9 Å². The van der Waals surface area contributed by atoms with Crippen LogP contribution in [0.1, 0.15) is 12.8 Å². The number of amides is 1. The maximum Gasteiger partial charge on any atom is 0.244 e. The lowest BCUT2D eigenvalue weighted by molar-refractivity contribution is -0.135. The van der Waals surface area contributed by atoms with Crippen LogP contribution in [0.15, 0.2) is 22.6 Å². The molecule has 1 unspecified atom stereocenters. The quantitative estimate of drug-likeness (QED) is 0.933. The molecule has 0 saturated carbocycles. The van der Waals surface area contributed by atoms with E-state index in [0.717, 1.165) is 16.8 Å². The molecule has 1 aliphatic heterocycles. The van der Waals surface area contributed by atoms with Crippen LogP contribution in [0.4, 0.5) is 5.69 Å². The number of benzene rings is 1. The highest BCUT2D eigenvalue weighted by atomic mass is 16.5. The summed E-state index contributed by atoms with van der Waals surface area (Å²) in [4.78, 5) is 18.5. The molecule has 21 heavy (non-hydrogen) atoms. The van der Waals surface area contributed by atoms with Gasteiger partial charge in [-0.05, 0) is 25.1 Å². The number of morpholine rings is 1. The zero-order valence-electron chi connectivity index (χ0n) is 12.3. The summed E-state index contributed by atoms with van der Waals surface area (Å²) in [5, 5.41) is 3.23. The maximum atomic E-state index is 12.3. The van der Waals surface area contributed by atoms with Crippen LogP contribution in [0.2, 0.25) is 0 Å². The molecule has 1 atom stereocenters. The second kappa shape index (κ2) is 5.73. The molecule has 0 spiro atoms. The molecule has 1 aliphatic rings. The summed E-state index contributed by atoms with van der Waals surface area (Å²) in [5.74, 6) is 0.731. The number of aromatic nitrogens is 1. The highest BCUT2D eigenvalue weighted by molar-refractivity contribution is 5.85. The molecule has 1 amide bonds. The molecule has 1 aromatic heterocycles. The average molecular weight is 289 g/mol. The Morgan fingerprint density at radius 2 is 2.14 bits per heavy atom. The topological polar surface area (TPSA) is 67.6 Å². The second-order valence-electron chi connectivity index (χ2n) is 5.22. The number of ether oxygens (including phenoxy) is 1. The normalized spacial score (nSPS) is 17.0. The van der Waals surface area contributed by atoms with Crippen molar-refractivity contribution < 1.29 is 13.9 Å². The number of nitrogens with one attached hydrogen (secondary N) is 1. The first-order chi connectivity index (χ1) is 10.1. The lowest BCUT2D eigenvalue weighted by atomic mass is 10.2. The van der Waals surface area contributed by atoms with Gasteiger partial charge in [0, 0.05) is 25.7 Å². The number of anilines is 1.